The van der Waals surface area contributed by atoms with Gasteiger partial charge < -0.3 is 4.74 Å². The Labute approximate surface area is 70.8 Å². The minimum absolute atomic E-state index is 0.257. The molecule has 0 atom stereocenters. The zero-order chi connectivity index (χ0) is 8.60. The first-order chi connectivity index (χ1) is 5.73. The molecule has 2 N–H and O–H groups in total. The molecule has 0 unspecified atom stereocenters. The van der Waals surface area contributed by atoms with Crippen molar-refractivity contribution in [1.29, 1.82) is 5.41 Å². The Bertz CT molecular complexity index is 231. The van der Waals surface area contributed by atoms with Crippen molar-refractivity contribution < 1.29 is 9.53 Å². The quantitative estimate of drug-likeness (QED) is 0.574. The van der Waals surface area contributed by atoms with E-state index in [1.165, 1.54) is 6.42 Å². The van der Waals surface area contributed by atoms with Gasteiger partial charge in [-0.2, -0.15) is 0 Å². The molecule has 66 valence electrons. The zero-order valence-corrected chi connectivity index (χ0v) is 6.85. The van der Waals surface area contributed by atoms with Gasteiger partial charge in [-0.05, 0) is 25.7 Å². The topological polar surface area (TPSA) is 62.2 Å². The van der Waals surface area contributed by atoms with Gasteiger partial charge in [-0.15, -0.1) is 0 Å². The van der Waals surface area contributed by atoms with Gasteiger partial charge in [-0.25, -0.2) is 4.79 Å². The van der Waals surface area contributed by atoms with E-state index in [0.29, 0.717) is 0 Å². The van der Waals surface area contributed by atoms with Crippen LogP contribution in [0.3, 0.4) is 0 Å². The summed E-state index contributed by atoms with van der Waals surface area (Å²) in [7, 11) is 0. The van der Waals surface area contributed by atoms with Crippen LogP contribution in [0.2, 0.25) is 0 Å². The second kappa shape index (κ2) is 2.47. The minimum atomic E-state index is -0.574. The Morgan fingerprint density at radius 1 is 1.33 bits per heavy atom. The number of alkyl carbamates (subject to hydrolysis) is 1. The fraction of sp³-hybridized carbons (Fsp3) is 0.750. The summed E-state index contributed by atoms with van der Waals surface area (Å²) in [6, 6.07) is 0. The largest absolute Gasteiger partial charge is 0.435 e. The summed E-state index contributed by atoms with van der Waals surface area (Å²) in [4.78, 5) is 10.9. The van der Waals surface area contributed by atoms with Gasteiger partial charge in [0.05, 0.1) is 0 Å². The summed E-state index contributed by atoms with van der Waals surface area (Å²) in [5, 5.41) is 9.96. The summed E-state index contributed by atoms with van der Waals surface area (Å²) in [5.41, 5.74) is -0.574. The van der Waals surface area contributed by atoms with Crippen LogP contribution in [0.4, 0.5) is 4.79 Å². The molecule has 0 bridgehead atoms. The van der Waals surface area contributed by atoms with Crippen LogP contribution in [-0.4, -0.2) is 17.5 Å². The first kappa shape index (κ1) is 7.58. The third-order valence-corrected chi connectivity index (χ3v) is 2.63. The molecule has 0 aromatic rings. The summed E-state index contributed by atoms with van der Waals surface area (Å²) in [5.74, 6) is 0.257. The molecular formula is C8H12N2O2. The van der Waals surface area contributed by atoms with Gasteiger partial charge in [0.2, 0.25) is 0 Å². The molecule has 0 radical (unpaired) electrons. The molecule has 4 nitrogen and oxygen atoms in total. The molecular weight excluding hydrogens is 156 g/mol. The highest BCUT2D eigenvalue weighted by Gasteiger charge is 2.46. The van der Waals surface area contributed by atoms with Crippen molar-refractivity contribution in [1.82, 2.24) is 5.32 Å². The van der Waals surface area contributed by atoms with Gasteiger partial charge in [0, 0.05) is 0 Å². The zero-order valence-electron chi connectivity index (χ0n) is 6.85. The maximum Gasteiger partial charge on any atom is 0.413 e. The van der Waals surface area contributed by atoms with Crippen molar-refractivity contribution in [2.45, 2.75) is 37.7 Å². The van der Waals surface area contributed by atoms with Crippen LogP contribution < -0.4 is 5.32 Å². The van der Waals surface area contributed by atoms with Crippen LogP contribution in [0.1, 0.15) is 32.1 Å². The number of hydrogen-bond donors (Lipinski definition) is 2. The number of amidine groups is 1. The summed E-state index contributed by atoms with van der Waals surface area (Å²) in [6.07, 6.45) is 4.46. The molecule has 0 aromatic carbocycles. The average molecular weight is 168 g/mol. The number of nitrogens with one attached hydrogen (secondary N) is 2. The van der Waals surface area contributed by atoms with E-state index in [2.05, 4.69) is 5.32 Å². The van der Waals surface area contributed by atoms with E-state index in [1.54, 1.807) is 0 Å². The molecule has 1 saturated carbocycles. The molecule has 2 aliphatic rings. The second-order valence-electron chi connectivity index (χ2n) is 3.44. The van der Waals surface area contributed by atoms with Gasteiger partial charge in [-0.1, -0.05) is 6.42 Å². The molecule has 1 heterocycles. The van der Waals surface area contributed by atoms with E-state index in [1.807, 2.05) is 0 Å². The van der Waals surface area contributed by atoms with Gasteiger partial charge in [0.1, 0.15) is 5.84 Å². The van der Waals surface area contributed by atoms with Gasteiger partial charge >= 0.3 is 6.09 Å². The maximum atomic E-state index is 10.9. The van der Waals surface area contributed by atoms with Gasteiger partial charge in [0.15, 0.2) is 5.60 Å². The van der Waals surface area contributed by atoms with Crippen LogP contribution >= 0.6 is 0 Å². The Hall–Kier alpha value is -1.06. The van der Waals surface area contributed by atoms with Crippen molar-refractivity contribution >= 4 is 11.9 Å². The van der Waals surface area contributed by atoms with E-state index < -0.39 is 11.7 Å². The lowest BCUT2D eigenvalue weighted by molar-refractivity contribution is 0.0565. The first-order valence-corrected chi connectivity index (χ1v) is 4.32. The molecule has 12 heavy (non-hydrogen) atoms. The molecule has 2 fully saturated rings. The van der Waals surface area contributed by atoms with Crippen molar-refractivity contribution in [3.8, 4) is 0 Å². The fourth-order valence-electron chi connectivity index (χ4n) is 1.94. The lowest BCUT2D eigenvalue weighted by Crippen LogP contribution is -2.40. The molecule has 2 rings (SSSR count). The van der Waals surface area contributed by atoms with Gasteiger partial charge in [0.25, 0.3) is 0 Å². The molecule has 0 aromatic heterocycles. The Kier molecular flexibility index (Phi) is 1.56. The monoisotopic (exact) mass is 168 g/mol. The maximum absolute atomic E-state index is 10.9. The summed E-state index contributed by atoms with van der Waals surface area (Å²) >= 11 is 0. The van der Waals surface area contributed by atoms with Crippen LogP contribution in [0, 0.1) is 5.41 Å². The van der Waals surface area contributed by atoms with Crippen LogP contribution in [-0.2, 0) is 4.74 Å². The molecule has 1 aliphatic heterocycles. The minimum Gasteiger partial charge on any atom is -0.435 e. The van der Waals surface area contributed by atoms with E-state index in [9.17, 15) is 4.79 Å². The first-order valence-electron chi connectivity index (χ1n) is 4.32. The summed E-state index contributed by atoms with van der Waals surface area (Å²) in [6.45, 7) is 0. The number of carbonyl (C=O) groups excluding carboxylic acids is 1. The lowest BCUT2D eigenvalue weighted by atomic mass is 9.84. The normalized spacial score (nSPS) is 27.0. The smallest absolute Gasteiger partial charge is 0.413 e. The molecule has 1 aliphatic carbocycles. The number of hydrogen-bond acceptors (Lipinski definition) is 3. The highest BCUT2D eigenvalue weighted by atomic mass is 16.6. The fourth-order valence-corrected chi connectivity index (χ4v) is 1.94. The number of rotatable bonds is 0. The van der Waals surface area contributed by atoms with Crippen molar-refractivity contribution in [2.75, 3.05) is 0 Å². The average Bonchev–Trinajstić information content (AvgIpc) is 2.29. The van der Waals surface area contributed by atoms with Crippen LogP contribution in [0.25, 0.3) is 0 Å². The van der Waals surface area contributed by atoms with Crippen molar-refractivity contribution in [2.24, 2.45) is 0 Å². The van der Waals surface area contributed by atoms with Crippen molar-refractivity contribution in [3.05, 3.63) is 0 Å². The highest BCUT2D eigenvalue weighted by molar-refractivity contribution is 6.04. The predicted molar refractivity (Wildman–Crippen MR) is 43.2 cm³/mol. The van der Waals surface area contributed by atoms with Crippen molar-refractivity contribution in [3.63, 3.8) is 0 Å². The van der Waals surface area contributed by atoms with Crippen LogP contribution in [0.5, 0.6) is 0 Å². The van der Waals surface area contributed by atoms with E-state index in [0.717, 1.165) is 25.7 Å². The molecule has 4 heteroatoms. The van der Waals surface area contributed by atoms with E-state index in [4.69, 9.17) is 10.1 Å². The molecule has 1 amide bonds. The summed E-state index contributed by atoms with van der Waals surface area (Å²) < 4.78 is 5.13. The molecule has 1 saturated heterocycles. The van der Waals surface area contributed by atoms with E-state index >= 15 is 0 Å². The second-order valence-corrected chi connectivity index (χ2v) is 3.44. The SMILES string of the molecule is N=C1NC(=O)OC12CCCCC2. The highest BCUT2D eigenvalue weighted by Crippen LogP contribution is 2.34. The number of ether oxygens (including phenoxy) is 1. The molecule has 1 spiro atoms. The predicted octanol–water partition coefficient (Wildman–Crippen LogP) is 1.41. The Balaban J connectivity index is 2.18. The Morgan fingerprint density at radius 3 is 2.50 bits per heavy atom. The third-order valence-electron chi connectivity index (χ3n) is 2.63. The van der Waals surface area contributed by atoms with Crippen LogP contribution in [0.15, 0.2) is 0 Å². The number of amides is 1. The van der Waals surface area contributed by atoms with E-state index in [-0.39, 0.29) is 5.84 Å². The lowest BCUT2D eigenvalue weighted by Gasteiger charge is -2.29. The third kappa shape index (κ3) is 0.983. The van der Waals surface area contributed by atoms with Gasteiger partial charge in [-0.3, -0.25) is 10.7 Å². The number of carbonyl (C=O) groups is 1. The Morgan fingerprint density at radius 2 is 2.00 bits per heavy atom. The standard InChI is InChI=1S/C8H12N2O2/c9-6-8(12-7(11)10-6)4-2-1-3-5-8/h1-5H2,(H2,9,10,11).